The van der Waals surface area contributed by atoms with E-state index in [9.17, 15) is 0 Å². The van der Waals surface area contributed by atoms with Crippen molar-refractivity contribution in [2.24, 2.45) is 5.10 Å². The van der Waals surface area contributed by atoms with Gasteiger partial charge in [-0.05, 0) is 44.0 Å². The molecule has 0 saturated heterocycles. The monoisotopic (exact) mass is 340 g/mol. The standard InChI is InChI=1S/C16H15Cl3N2/c1-9-4-10(2)13(11(3)5-9)8-20-21-16-14(18)6-12(17)7-15(16)19/h4-8,21H,1-3H3/b20-8+. The van der Waals surface area contributed by atoms with Crippen molar-refractivity contribution < 1.29 is 0 Å². The molecule has 0 amide bonds. The normalized spacial score (nSPS) is 11.1. The Bertz CT molecular complexity index is 663. The molecule has 0 heterocycles. The van der Waals surface area contributed by atoms with Crippen LogP contribution < -0.4 is 5.43 Å². The first kappa shape index (κ1) is 16.2. The summed E-state index contributed by atoms with van der Waals surface area (Å²) in [6, 6.07) is 7.48. The fourth-order valence-electron chi connectivity index (χ4n) is 2.21. The Hall–Kier alpha value is -1.22. The van der Waals surface area contributed by atoms with Gasteiger partial charge in [-0.2, -0.15) is 5.10 Å². The average molecular weight is 342 g/mol. The second-order valence-corrected chi connectivity index (χ2v) is 6.18. The third-order valence-electron chi connectivity index (χ3n) is 3.11. The van der Waals surface area contributed by atoms with E-state index < -0.39 is 0 Å². The smallest absolute Gasteiger partial charge is 0.0935 e. The van der Waals surface area contributed by atoms with Crippen molar-refractivity contribution in [3.8, 4) is 0 Å². The van der Waals surface area contributed by atoms with Gasteiger partial charge in [0.15, 0.2) is 0 Å². The summed E-state index contributed by atoms with van der Waals surface area (Å²) in [5.41, 5.74) is 8.07. The van der Waals surface area contributed by atoms with Gasteiger partial charge in [-0.3, -0.25) is 5.43 Å². The van der Waals surface area contributed by atoms with Gasteiger partial charge in [-0.1, -0.05) is 52.5 Å². The third kappa shape index (κ3) is 3.91. The Kier molecular flexibility index (Phi) is 5.15. The molecule has 0 bridgehead atoms. The van der Waals surface area contributed by atoms with Gasteiger partial charge in [0.05, 0.1) is 21.9 Å². The summed E-state index contributed by atoms with van der Waals surface area (Å²) in [5.74, 6) is 0. The van der Waals surface area contributed by atoms with Crippen molar-refractivity contribution in [3.05, 3.63) is 61.6 Å². The van der Waals surface area contributed by atoms with Crippen molar-refractivity contribution in [2.75, 3.05) is 5.43 Å². The summed E-state index contributed by atoms with van der Waals surface area (Å²) in [4.78, 5) is 0. The summed E-state index contributed by atoms with van der Waals surface area (Å²) in [6.07, 6.45) is 1.77. The van der Waals surface area contributed by atoms with Crippen LogP contribution >= 0.6 is 34.8 Å². The third-order valence-corrected chi connectivity index (χ3v) is 3.93. The van der Waals surface area contributed by atoms with E-state index in [0.717, 1.165) is 5.56 Å². The van der Waals surface area contributed by atoms with Crippen molar-refractivity contribution in [3.63, 3.8) is 0 Å². The highest BCUT2D eigenvalue weighted by atomic mass is 35.5. The van der Waals surface area contributed by atoms with Crippen LogP contribution in [0.25, 0.3) is 0 Å². The number of hydrogen-bond acceptors (Lipinski definition) is 2. The summed E-state index contributed by atoms with van der Waals surface area (Å²) < 4.78 is 0. The highest BCUT2D eigenvalue weighted by Crippen LogP contribution is 2.33. The van der Waals surface area contributed by atoms with Crippen LogP contribution in [0.4, 0.5) is 5.69 Å². The molecule has 21 heavy (non-hydrogen) atoms. The van der Waals surface area contributed by atoms with E-state index in [-0.39, 0.29) is 0 Å². The number of hydrazone groups is 1. The molecular weight excluding hydrogens is 327 g/mol. The largest absolute Gasteiger partial charge is 0.275 e. The van der Waals surface area contributed by atoms with Gasteiger partial charge in [0.1, 0.15) is 0 Å². The van der Waals surface area contributed by atoms with Crippen LogP contribution in [-0.4, -0.2) is 6.21 Å². The molecule has 5 heteroatoms. The highest BCUT2D eigenvalue weighted by Gasteiger charge is 2.07. The molecule has 0 saturated carbocycles. The fourth-order valence-corrected chi connectivity index (χ4v) is 3.11. The molecule has 110 valence electrons. The van der Waals surface area contributed by atoms with Crippen LogP contribution in [0.1, 0.15) is 22.3 Å². The number of hydrogen-bond donors (Lipinski definition) is 1. The van der Waals surface area contributed by atoms with Gasteiger partial charge in [0.25, 0.3) is 0 Å². The molecule has 0 aliphatic heterocycles. The number of anilines is 1. The number of benzene rings is 2. The Balaban J connectivity index is 2.25. The molecule has 0 spiro atoms. The van der Waals surface area contributed by atoms with Gasteiger partial charge in [0, 0.05) is 10.6 Å². The van der Waals surface area contributed by atoms with Gasteiger partial charge >= 0.3 is 0 Å². The molecular formula is C16H15Cl3N2. The maximum Gasteiger partial charge on any atom is 0.0935 e. The van der Waals surface area contributed by atoms with E-state index in [1.54, 1.807) is 18.3 Å². The minimum atomic E-state index is 0.432. The molecule has 2 aromatic rings. The molecule has 1 N–H and O–H groups in total. The van der Waals surface area contributed by atoms with Gasteiger partial charge in [0.2, 0.25) is 0 Å². The lowest BCUT2D eigenvalue weighted by atomic mass is 10.0. The number of nitrogens with one attached hydrogen (secondary N) is 1. The minimum Gasteiger partial charge on any atom is -0.275 e. The Labute approximate surface area is 139 Å². The predicted octanol–water partition coefficient (Wildman–Crippen LogP) is 6.02. The van der Waals surface area contributed by atoms with Crippen LogP contribution in [-0.2, 0) is 0 Å². The molecule has 0 aliphatic carbocycles. The topological polar surface area (TPSA) is 24.4 Å². The Morgan fingerprint density at radius 1 is 0.905 bits per heavy atom. The van der Waals surface area contributed by atoms with Crippen LogP contribution in [0.3, 0.4) is 0 Å². The maximum absolute atomic E-state index is 6.09. The van der Waals surface area contributed by atoms with Crippen molar-refractivity contribution in [2.45, 2.75) is 20.8 Å². The first-order valence-corrected chi connectivity index (χ1v) is 7.53. The second kappa shape index (κ2) is 6.69. The summed E-state index contributed by atoms with van der Waals surface area (Å²) in [7, 11) is 0. The van der Waals surface area contributed by atoms with Crippen molar-refractivity contribution in [1.29, 1.82) is 0 Å². The molecule has 0 fully saturated rings. The Morgan fingerprint density at radius 2 is 1.43 bits per heavy atom. The maximum atomic E-state index is 6.09. The van der Waals surface area contributed by atoms with Crippen LogP contribution in [0.15, 0.2) is 29.4 Å². The lowest BCUT2D eigenvalue weighted by molar-refractivity contribution is 1.29. The average Bonchev–Trinajstić information content (AvgIpc) is 2.34. The minimum absolute atomic E-state index is 0.432. The van der Waals surface area contributed by atoms with Crippen molar-refractivity contribution in [1.82, 2.24) is 0 Å². The molecule has 0 aliphatic rings. The second-order valence-electron chi connectivity index (χ2n) is 4.93. The van der Waals surface area contributed by atoms with Gasteiger partial charge in [-0.15, -0.1) is 0 Å². The van der Waals surface area contributed by atoms with Gasteiger partial charge in [-0.25, -0.2) is 0 Å². The molecule has 2 nitrogen and oxygen atoms in total. The zero-order chi connectivity index (χ0) is 15.6. The Morgan fingerprint density at radius 3 is 1.95 bits per heavy atom. The zero-order valence-electron chi connectivity index (χ0n) is 12.0. The predicted molar refractivity (Wildman–Crippen MR) is 93.3 cm³/mol. The lowest BCUT2D eigenvalue weighted by Gasteiger charge is -2.08. The van der Waals surface area contributed by atoms with Crippen LogP contribution in [0.2, 0.25) is 15.1 Å². The van der Waals surface area contributed by atoms with E-state index in [0.29, 0.717) is 20.8 Å². The molecule has 0 unspecified atom stereocenters. The first-order chi connectivity index (χ1) is 9.88. The number of halogens is 3. The highest BCUT2D eigenvalue weighted by molar-refractivity contribution is 6.41. The van der Waals surface area contributed by atoms with Crippen LogP contribution in [0.5, 0.6) is 0 Å². The lowest BCUT2D eigenvalue weighted by Crippen LogP contribution is -1.97. The van der Waals surface area contributed by atoms with Gasteiger partial charge < -0.3 is 0 Å². The summed E-state index contributed by atoms with van der Waals surface area (Å²) in [6.45, 7) is 6.19. The SMILES string of the molecule is Cc1cc(C)c(/C=N/Nc2c(Cl)cc(Cl)cc2Cl)c(C)c1. The molecule has 0 atom stereocenters. The summed E-state index contributed by atoms with van der Waals surface area (Å²) in [5, 5.41) is 5.58. The van der Waals surface area contributed by atoms with E-state index in [1.807, 2.05) is 0 Å². The van der Waals surface area contributed by atoms with Crippen molar-refractivity contribution >= 4 is 46.7 Å². The zero-order valence-corrected chi connectivity index (χ0v) is 14.2. The molecule has 2 aromatic carbocycles. The number of nitrogens with zero attached hydrogens (tertiary/aromatic N) is 1. The van der Waals surface area contributed by atoms with Crippen LogP contribution in [0, 0.1) is 20.8 Å². The fraction of sp³-hybridized carbons (Fsp3) is 0.188. The number of rotatable bonds is 3. The van der Waals surface area contributed by atoms with E-state index in [1.165, 1.54) is 16.7 Å². The number of aryl methyl sites for hydroxylation is 3. The molecule has 2 rings (SSSR count). The van der Waals surface area contributed by atoms with E-state index in [4.69, 9.17) is 34.8 Å². The summed E-state index contributed by atoms with van der Waals surface area (Å²) >= 11 is 18.1. The first-order valence-electron chi connectivity index (χ1n) is 6.40. The molecule has 0 aromatic heterocycles. The van der Waals surface area contributed by atoms with E-state index in [2.05, 4.69) is 43.4 Å². The molecule has 0 radical (unpaired) electrons. The van der Waals surface area contributed by atoms with E-state index >= 15 is 0 Å². The quantitative estimate of drug-likeness (QED) is 0.536.